The highest BCUT2D eigenvalue weighted by Gasteiger charge is 2.21. The van der Waals surface area contributed by atoms with Gasteiger partial charge in [-0.3, -0.25) is 0 Å². The molecular formula is C20H17N7S. The molecule has 7 nitrogen and oxygen atoms in total. The largest absolute Gasteiger partial charge is 0.235 e. The van der Waals surface area contributed by atoms with Gasteiger partial charge in [0.1, 0.15) is 5.01 Å². The Balaban J connectivity index is 1.61. The number of benzene rings is 2. The van der Waals surface area contributed by atoms with Gasteiger partial charge in [0.2, 0.25) is 10.8 Å². The molecular weight excluding hydrogens is 370 g/mol. The molecule has 28 heavy (non-hydrogen) atoms. The zero-order valence-electron chi connectivity index (χ0n) is 15.7. The first kappa shape index (κ1) is 16.8. The van der Waals surface area contributed by atoms with E-state index in [4.69, 9.17) is 5.10 Å². The zero-order valence-corrected chi connectivity index (χ0v) is 16.5. The highest BCUT2D eigenvalue weighted by molar-refractivity contribution is 7.19. The molecule has 0 aliphatic rings. The van der Waals surface area contributed by atoms with Crippen molar-refractivity contribution in [2.45, 2.75) is 20.8 Å². The number of aromatic nitrogens is 7. The molecule has 0 unspecified atom stereocenters. The number of rotatable bonds is 3. The predicted molar refractivity (Wildman–Crippen MR) is 109 cm³/mol. The fourth-order valence-electron chi connectivity index (χ4n) is 3.15. The summed E-state index contributed by atoms with van der Waals surface area (Å²) in [6.45, 7) is 6.12. The normalized spacial score (nSPS) is 11.4. The van der Waals surface area contributed by atoms with Gasteiger partial charge in [-0.25, -0.2) is 4.68 Å². The van der Waals surface area contributed by atoms with Crippen molar-refractivity contribution >= 4 is 16.3 Å². The Kier molecular flexibility index (Phi) is 3.80. The lowest BCUT2D eigenvalue weighted by molar-refractivity contribution is 0.785. The third-order valence-corrected chi connectivity index (χ3v) is 5.68. The third-order valence-electron chi connectivity index (χ3n) is 4.75. The summed E-state index contributed by atoms with van der Waals surface area (Å²) in [5.41, 5.74) is 6.01. The van der Waals surface area contributed by atoms with Gasteiger partial charge in [0.05, 0.1) is 11.4 Å². The van der Waals surface area contributed by atoms with Gasteiger partial charge in [0.15, 0.2) is 5.69 Å². The van der Waals surface area contributed by atoms with E-state index in [0.29, 0.717) is 11.5 Å². The topological polar surface area (TPSA) is 73.8 Å². The molecule has 3 heterocycles. The van der Waals surface area contributed by atoms with Gasteiger partial charge in [0.25, 0.3) is 0 Å². The van der Waals surface area contributed by atoms with Crippen molar-refractivity contribution in [1.82, 2.24) is 34.8 Å². The molecule has 0 spiro atoms. The standard InChI is InChI=1S/C20H17N7S/c1-12-8-10-15(11-9-12)26-14(3)17(21-25-26)18-22-23-20-27(18)24-19(28-20)16-7-5-4-6-13(16)2/h4-11H,1-3H3. The molecule has 0 saturated carbocycles. The SMILES string of the molecule is Cc1ccc(-n2nnc(-c3nnc4sc(-c5ccccc5C)nn34)c2C)cc1. The van der Waals surface area contributed by atoms with E-state index in [-0.39, 0.29) is 0 Å². The van der Waals surface area contributed by atoms with E-state index in [1.165, 1.54) is 22.5 Å². The van der Waals surface area contributed by atoms with E-state index in [1.54, 1.807) is 4.52 Å². The minimum absolute atomic E-state index is 0.599. The molecule has 138 valence electrons. The van der Waals surface area contributed by atoms with E-state index >= 15 is 0 Å². The Bertz CT molecular complexity index is 1290. The maximum absolute atomic E-state index is 4.75. The van der Waals surface area contributed by atoms with Gasteiger partial charge in [-0.1, -0.05) is 58.5 Å². The molecule has 0 fully saturated rings. The van der Waals surface area contributed by atoms with Crippen LogP contribution < -0.4 is 0 Å². The minimum Gasteiger partial charge on any atom is -0.217 e. The summed E-state index contributed by atoms with van der Waals surface area (Å²) in [6.07, 6.45) is 0. The Hall–Kier alpha value is -3.39. The fraction of sp³-hybridized carbons (Fsp3) is 0.150. The first-order chi connectivity index (χ1) is 13.6. The Morgan fingerprint density at radius 2 is 1.64 bits per heavy atom. The van der Waals surface area contributed by atoms with Gasteiger partial charge in [-0.05, 0) is 38.5 Å². The highest BCUT2D eigenvalue weighted by Crippen LogP contribution is 2.30. The number of fused-ring (bicyclic) bond motifs is 1. The fourth-order valence-corrected chi connectivity index (χ4v) is 4.08. The molecule has 0 saturated heterocycles. The summed E-state index contributed by atoms with van der Waals surface area (Å²) >= 11 is 1.51. The average Bonchev–Trinajstić information content (AvgIpc) is 3.37. The monoisotopic (exact) mass is 387 g/mol. The van der Waals surface area contributed by atoms with Crippen LogP contribution in [0.15, 0.2) is 48.5 Å². The molecule has 0 atom stereocenters. The molecule has 0 N–H and O–H groups in total. The predicted octanol–water partition coefficient (Wildman–Crippen LogP) is 4.03. The second-order valence-corrected chi connectivity index (χ2v) is 7.67. The summed E-state index contributed by atoms with van der Waals surface area (Å²) in [6, 6.07) is 16.4. The minimum atomic E-state index is 0.599. The number of aryl methyl sites for hydroxylation is 2. The quantitative estimate of drug-likeness (QED) is 0.467. The Morgan fingerprint density at radius 1 is 0.857 bits per heavy atom. The summed E-state index contributed by atoms with van der Waals surface area (Å²) in [5, 5.41) is 22.9. The Morgan fingerprint density at radius 3 is 2.43 bits per heavy atom. The van der Waals surface area contributed by atoms with Crippen molar-refractivity contribution in [1.29, 1.82) is 0 Å². The summed E-state index contributed by atoms with van der Waals surface area (Å²) in [4.78, 5) is 0.734. The van der Waals surface area contributed by atoms with Crippen LogP contribution in [-0.4, -0.2) is 34.8 Å². The highest BCUT2D eigenvalue weighted by atomic mass is 32.1. The van der Waals surface area contributed by atoms with Crippen molar-refractivity contribution in [2.75, 3.05) is 0 Å². The second kappa shape index (κ2) is 6.35. The van der Waals surface area contributed by atoms with E-state index < -0.39 is 0 Å². The summed E-state index contributed by atoms with van der Waals surface area (Å²) < 4.78 is 3.56. The van der Waals surface area contributed by atoms with Crippen molar-refractivity contribution in [3.05, 3.63) is 65.4 Å². The first-order valence-corrected chi connectivity index (χ1v) is 9.71. The van der Waals surface area contributed by atoms with Crippen molar-refractivity contribution < 1.29 is 0 Å². The Labute approximate surface area is 165 Å². The molecule has 2 aromatic carbocycles. The molecule has 0 aliphatic heterocycles. The van der Waals surface area contributed by atoms with Crippen LogP contribution in [0.2, 0.25) is 0 Å². The van der Waals surface area contributed by atoms with Gasteiger partial charge in [-0.15, -0.1) is 15.3 Å². The summed E-state index contributed by atoms with van der Waals surface area (Å²) in [5.74, 6) is 0.599. The maximum atomic E-state index is 4.75. The van der Waals surface area contributed by atoms with E-state index in [9.17, 15) is 0 Å². The van der Waals surface area contributed by atoms with E-state index in [2.05, 4.69) is 58.6 Å². The molecule has 0 bridgehead atoms. The van der Waals surface area contributed by atoms with Crippen LogP contribution in [0.1, 0.15) is 16.8 Å². The van der Waals surface area contributed by atoms with Crippen LogP contribution in [0.5, 0.6) is 0 Å². The van der Waals surface area contributed by atoms with Crippen LogP contribution in [0.25, 0.3) is 32.7 Å². The van der Waals surface area contributed by atoms with Gasteiger partial charge < -0.3 is 0 Å². The first-order valence-electron chi connectivity index (χ1n) is 8.90. The number of hydrogen-bond donors (Lipinski definition) is 0. The van der Waals surface area contributed by atoms with Crippen LogP contribution >= 0.6 is 11.3 Å². The molecule has 0 amide bonds. The lowest BCUT2D eigenvalue weighted by Gasteiger charge is -2.03. The molecule has 0 radical (unpaired) electrons. The summed E-state index contributed by atoms with van der Waals surface area (Å²) in [7, 11) is 0. The molecule has 5 rings (SSSR count). The van der Waals surface area contributed by atoms with Crippen LogP contribution in [0, 0.1) is 20.8 Å². The molecule has 5 aromatic rings. The maximum Gasteiger partial charge on any atom is 0.235 e. The van der Waals surface area contributed by atoms with Crippen molar-refractivity contribution in [3.8, 4) is 27.8 Å². The van der Waals surface area contributed by atoms with Gasteiger partial charge >= 0.3 is 0 Å². The van der Waals surface area contributed by atoms with E-state index in [0.717, 1.165) is 26.9 Å². The molecule has 3 aromatic heterocycles. The lowest BCUT2D eigenvalue weighted by Crippen LogP contribution is -1.99. The molecule has 0 aliphatic carbocycles. The van der Waals surface area contributed by atoms with Gasteiger partial charge in [0, 0.05) is 5.56 Å². The van der Waals surface area contributed by atoms with E-state index in [1.807, 2.05) is 35.9 Å². The third kappa shape index (κ3) is 2.61. The van der Waals surface area contributed by atoms with Crippen LogP contribution in [-0.2, 0) is 0 Å². The van der Waals surface area contributed by atoms with Crippen molar-refractivity contribution in [2.24, 2.45) is 0 Å². The van der Waals surface area contributed by atoms with Gasteiger partial charge in [-0.2, -0.15) is 9.61 Å². The number of nitrogens with zero attached hydrogens (tertiary/aromatic N) is 7. The average molecular weight is 387 g/mol. The zero-order chi connectivity index (χ0) is 19.3. The smallest absolute Gasteiger partial charge is 0.217 e. The second-order valence-electron chi connectivity index (χ2n) is 6.71. The van der Waals surface area contributed by atoms with Crippen LogP contribution in [0.3, 0.4) is 0 Å². The lowest BCUT2D eigenvalue weighted by atomic mass is 10.1. The van der Waals surface area contributed by atoms with Crippen LogP contribution in [0.4, 0.5) is 0 Å². The molecule has 8 heteroatoms. The number of hydrogen-bond acceptors (Lipinski definition) is 6. The van der Waals surface area contributed by atoms with Crippen molar-refractivity contribution in [3.63, 3.8) is 0 Å².